The third kappa shape index (κ3) is 2.90. The zero-order valence-corrected chi connectivity index (χ0v) is 20.1. The molecule has 1 aliphatic heterocycles. The molecule has 0 N–H and O–H groups in total. The van der Waals surface area contributed by atoms with Gasteiger partial charge in [0.05, 0.1) is 10.9 Å². The van der Waals surface area contributed by atoms with Crippen LogP contribution in [0, 0.1) is 6.92 Å². The summed E-state index contributed by atoms with van der Waals surface area (Å²) in [5.41, 5.74) is 5.70. The van der Waals surface area contributed by atoms with Crippen molar-refractivity contribution in [3.8, 4) is 11.3 Å². The van der Waals surface area contributed by atoms with Gasteiger partial charge in [0.1, 0.15) is 7.05 Å². The highest BCUT2D eigenvalue weighted by atomic mass is 32.2. The summed E-state index contributed by atoms with van der Waals surface area (Å²) >= 11 is 1.95. The average molecular weight is 447 g/mol. The number of aryl methyl sites for hydroxylation is 2. The first-order valence-electron chi connectivity index (χ1n) is 12.3. The lowest BCUT2D eigenvalue weighted by Gasteiger charge is -2.24. The van der Waals surface area contributed by atoms with Crippen molar-refractivity contribution in [2.45, 2.75) is 54.7 Å². The summed E-state index contributed by atoms with van der Waals surface area (Å²) in [6.07, 6.45) is 9.12. The van der Waals surface area contributed by atoms with Crippen LogP contribution in [0.1, 0.15) is 49.1 Å². The van der Waals surface area contributed by atoms with Gasteiger partial charge in [-0.1, -0.05) is 73.5 Å². The van der Waals surface area contributed by atoms with Crippen molar-refractivity contribution in [1.82, 2.24) is 0 Å². The predicted molar refractivity (Wildman–Crippen MR) is 140 cm³/mol. The fourth-order valence-corrected chi connectivity index (χ4v) is 7.60. The molecule has 1 nitrogen and oxygen atoms in total. The number of fused-ring (bicyclic) bond motifs is 5. The topological polar surface area (TPSA) is 3.88 Å². The second-order valence-electron chi connectivity index (χ2n) is 9.95. The van der Waals surface area contributed by atoms with E-state index in [0.29, 0.717) is 0 Å². The molecule has 0 atom stereocenters. The van der Waals surface area contributed by atoms with Crippen LogP contribution in [-0.4, -0.2) is 0 Å². The number of hydrogen-bond acceptors (Lipinski definition) is 1. The Bertz CT molecular complexity index is 1590. The monoisotopic (exact) mass is 446 g/mol. The van der Waals surface area contributed by atoms with Gasteiger partial charge in [-0.2, -0.15) is 0 Å². The zero-order chi connectivity index (χ0) is 22.1. The number of hydrogen-bond donors (Lipinski definition) is 0. The van der Waals surface area contributed by atoms with E-state index >= 15 is 0 Å². The molecular weight excluding hydrogens is 418 g/mol. The molecule has 1 aromatic heterocycles. The van der Waals surface area contributed by atoms with Gasteiger partial charge in [-0.15, -0.1) is 0 Å². The van der Waals surface area contributed by atoms with Crippen molar-refractivity contribution < 1.29 is 4.57 Å². The molecule has 1 saturated carbocycles. The molecule has 0 bridgehead atoms. The number of aromatic nitrogens is 1. The number of rotatable bonds is 1. The Hall–Kier alpha value is -2.84. The second-order valence-corrected chi connectivity index (χ2v) is 11.0. The van der Waals surface area contributed by atoms with Gasteiger partial charge >= 0.3 is 0 Å². The van der Waals surface area contributed by atoms with E-state index in [4.69, 9.17) is 0 Å². The van der Waals surface area contributed by atoms with E-state index in [1.54, 1.807) is 5.56 Å². The maximum atomic E-state index is 2.52. The predicted octanol–water partition coefficient (Wildman–Crippen LogP) is 8.46. The smallest absolute Gasteiger partial charge is 0.200 e. The van der Waals surface area contributed by atoms with Gasteiger partial charge in [-0.3, -0.25) is 0 Å². The van der Waals surface area contributed by atoms with Gasteiger partial charge in [0.2, 0.25) is 5.69 Å². The fourth-order valence-electron chi connectivity index (χ4n) is 6.33. The van der Waals surface area contributed by atoms with E-state index in [-0.39, 0.29) is 0 Å². The standard InChI is InChI=1S/C31H28NS/c1-19-24-11-7-6-10-22(24)17-27-29(19)31-30-25(14-15-32(31)2)26-16-21(20-8-4-3-5-9-20)12-13-23(26)18-28(30)33-27/h6-7,10-18,20H,3-5,8-9H2,1-2H3/q+1. The molecule has 0 radical (unpaired) electrons. The van der Waals surface area contributed by atoms with Crippen LogP contribution in [0.5, 0.6) is 0 Å². The molecule has 1 aliphatic carbocycles. The summed E-state index contributed by atoms with van der Waals surface area (Å²) in [7, 11) is 2.20. The minimum atomic E-state index is 0.730. The number of benzene rings is 4. The molecule has 0 spiro atoms. The molecule has 33 heavy (non-hydrogen) atoms. The van der Waals surface area contributed by atoms with E-state index < -0.39 is 0 Å². The Kier molecular flexibility index (Phi) is 4.36. The van der Waals surface area contributed by atoms with E-state index in [9.17, 15) is 0 Å². The normalized spacial score (nSPS) is 15.9. The number of nitrogens with zero attached hydrogens (tertiary/aromatic N) is 1. The highest BCUT2D eigenvalue weighted by molar-refractivity contribution is 7.99. The maximum Gasteiger partial charge on any atom is 0.222 e. The highest BCUT2D eigenvalue weighted by Gasteiger charge is 2.30. The van der Waals surface area contributed by atoms with E-state index in [1.165, 1.54) is 91.0 Å². The van der Waals surface area contributed by atoms with Crippen molar-refractivity contribution in [3.63, 3.8) is 0 Å². The zero-order valence-electron chi connectivity index (χ0n) is 19.3. The Morgan fingerprint density at radius 1 is 0.788 bits per heavy atom. The molecule has 0 saturated heterocycles. The molecule has 2 heterocycles. The van der Waals surface area contributed by atoms with Crippen molar-refractivity contribution >= 4 is 44.1 Å². The first-order chi connectivity index (χ1) is 16.2. The molecule has 162 valence electrons. The quantitative estimate of drug-likeness (QED) is 0.181. The largest absolute Gasteiger partial charge is 0.222 e. The summed E-state index contributed by atoms with van der Waals surface area (Å²) in [4.78, 5) is 2.76. The minimum absolute atomic E-state index is 0.730. The van der Waals surface area contributed by atoms with Crippen molar-refractivity contribution in [2.75, 3.05) is 0 Å². The third-order valence-electron chi connectivity index (χ3n) is 8.03. The minimum Gasteiger partial charge on any atom is -0.200 e. The summed E-state index contributed by atoms with van der Waals surface area (Å²) in [5.74, 6) is 0.730. The third-order valence-corrected chi connectivity index (χ3v) is 9.11. The lowest BCUT2D eigenvalue weighted by molar-refractivity contribution is -0.659. The Morgan fingerprint density at radius 2 is 1.58 bits per heavy atom. The van der Waals surface area contributed by atoms with E-state index in [0.717, 1.165) is 5.92 Å². The van der Waals surface area contributed by atoms with Crippen LogP contribution in [0.15, 0.2) is 76.7 Å². The van der Waals surface area contributed by atoms with Crippen LogP contribution < -0.4 is 4.57 Å². The van der Waals surface area contributed by atoms with Gasteiger partial charge in [0.25, 0.3) is 0 Å². The van der Waals surface area contributed by atoms with Crippen molar-refractivity contribution in [1.29, 1.82) is 0 Å². The van der Waals surface area contributed by atoms with Gasteiger partial charge < -0.3 is 0 Å². The molecule has 2 aliphatic rings. The molecule has 0 amide bonds. The maximum absolute atomic E-state index is 2.52. The Morgan fingerprint density at radius 3 is 2.45 bits per heavy atom. The van der Waals surface area contributed by atoms with Crippen LogP contribution in [0.2, 0.25) is 0 Å². The molecular formula is C31H28NS+. The first-order valence-corrected chi connectivity index (χ1v) is 13.1. The summed E-state index contributed by atoms with van der Waals surface area (Å²) in [6, 6.07) is 23.3. The second kappa shape index (κ2) is 7.33. The summed E-state index contributed by atoms with van der Waals surface area (Å²) < 4.78 is 2.34. The molecule has 0 unspecified atom stereocenters. The fraction of sp³-hybridized carbons (Fsp3) is 0.258. The summed E-state index contributed by atoms with van der Waals surface area (Å²) in [6.45, 7) is 2.30. The SMILES string of the molecule is Cc1c2c(cc3ccccc13)Sc1cc3ccc(C4CCCCC4)cc3c3cc[n+](C)c-2c13. The lowest BCUT2D eigenvalue weighted by Crippen LogP contribution is -2.31. The number of pyridine rings is 1. The van der Waals surface area contributed by atoms with Gasteiger partial charge in [-0.05, 0) is 70.5 Å². The van der Waals surface area contributed by atoms with E-state index in [1.807, 2.05) is 11.8 Å². The molecule has 5 aromatic rings. The van der Waals surface area contributed by atoms with Crippen LogP contribution in [-0.2, 0) is 7.05 Å². The van der Waals surface area contributed by atoms with Crippen molar-refractivity contribution in [2.24, 2.45) is 7.05 Å². The van der Waals surface area contributed by atoms with Crippen LogP contribution in [0.4, 0.5) is 0 Å². The molecule has 1 fully saturated rings. The highest BCUT2D eigenvalue weighted by Crippen LogP contribution is 2.51. The Balaban J connectivity index is 1.54. The molecule has 4 aromatic carbocycles. The Labute approximate surface area is 199 Å². The van der Waals surface area contributed by atoms with Gasteiger partial charge in [0.15, 0.2) is 6.20 Å². The van der Waals surface area contributed by atoms with Crippen LogP contribution in [0.25, 0.3) is 43.6 Å². The van der Waals surface area contributed by atoms with Gasteiger partial charge in [-0.25, -0.2) is 4.57 Å². The molecule has 2 heteroatoms. The van der Waals surface area contributed by atoms with E-state index in [2.05, 4.69) is 85.4 Å². The molecule has 7 rings (SSSR count). The van der Waals surface area contributed by atoms with Gasteiger partial charge in [0, 0.05) is 21.2 Å². The van der Waals surface area contributed by atoms with Crippen LogP contribution >= 0.6 is 11.8 Å². The summed E-state index contributed by atoms with van der Waals surface area (Å²) in [5, 5.41) is 8.30. The average Bonchev–Trinajstić information content (AvgIpc) is 2.85. The van der Waals surface area contributed by atoms with Crippen molar-refractivity contribution in [3.05, 3.63) is 78.0 Å². The lowest BCUT2D eigenvalue weighted by atomic mass is 9.83. The first kappa shape index (κ1) is 19.6. The van der Waals surface area contributed by atoms with Crippen LogP contribution in [0.3, 0.4) is 0 Å².